The van der Waals surface area contributed by atoms with E-state index >= 15 is 0 Å². The Balaban J connectivity index is 2.10. The molecule has 2 saturated heterocycles. The highest BCUT2D eigenvalue weighted by Crippen LogP contribution is 2.43. The zero-order chi connectivity index (χ0) is 13.2. The summed E-state index contributed by atoms with van der Waals surface area (Å²) >= 11 is 0. The van der Waals surface area contributed by atoms with Crippen LogP contribution in [0.5, 0.6) is 0 Å². The van der Waals surface area contributed by atoms with Gasteiger partial charge in [-0.25, -0.2) is 0 Å². The molecule has 106 valence electrons. The standard InChI is InChI=1S/C15H29NO2/c1-4-15(16,12(2)3)13-5-8-18-14(11-13)6-9-17-10-7-14/h12-13H,4-11,16H2,1-3H3. The van der Waals surface area contributed by atoms with Gasteiger partial charge in [0, 0.05) is 25.4 Å². The van der Waals surface area contributed by atoms with Crippen LogP contribution in [0.3, 0.4) is 0 Å². The SMILES string of the molecule is CCC(N)(C(C)C)C1CCOC2(CCOCC2)C1. The van der Waals surface area contributed by atoms with E-state index in [0.717, 1.165) is 51.9 Å². The highest BCUT2D eigenvalue weighted by molar-refractivity contribution is 4.99. The van der Waals surface area contributed by atoms with Crippen LogP contribution >= 0.6 is 0 Å². The molecule has 2 rings (SSSR count). The van der Waals surface area contributed by atoms with Gasteiger partial charge in [-0.05, 0) is 43.9 Å². The predicted molar refractivity (Wildman–Crippen MR) is 73.5 cm³/mol. The third-order valence-electron chi connectivity index (χ3n) is 5.34. The van der Waals surface area contributed by atoms with Gasteiger partial charge in [0.15, 0.2) is 0 Å². The second-order valence-electron chi connectivity index (χ2n) is 6.45. The van der Waals surface area contributed by atoms with E-state index in [-0.39, 0.29) is 11.1 Å². The monoisotopic (exact) mass is 255 g/mol. The summed E-state index contributed by atoms with van der Waals surface area (Å²) in [6, 6.07) is 0. The zero-order valence-corrected chi connectivity index (χ0v) is 12.2. The minimum Gasteiger partial charge on any atom is -0.381 e. The van der Waals surface area contributed by atoms with Crippen LogP contribution in [-0.2, 0) is 9.47 Å². The minimum absolute atomic E-state index is 0.0327. The smallest absolute Gasteiger partial charge is 0.0729 e. The van der Waals surface area contributed by atoms with E-state index in [1.807, 2.05) is 0 Å². The molecule has 18 heavy (non-hydrogen) atoms. The van der Waals surface area contributed by atoms with E-state index in [0.29, 0.717) is 11.8 Å². The molecule has 3 nitrogen and oxygen atoms in total. The summed E-state index contributed by atoms with van der Waals surface area (Å²) < 4.78 is 11.6. The third kappa shape index (κ3) is 2.59. The average molecular weight is 255 g/mol. The zero-order valence-electron chi connectivity index (χ0n) is 12.2. The van der Waals surface area contributed by atoms with Crippen LogP contribution in [0.2, 0.25) is 0 Å². The van der Waals surface area contributed by atoms with E-state index in [2.05, 4.69) is 20.8 Å². The molecule has 2 heterocycles. The van der Waals surface area contributed by atoms with Crippen LogP contribution in [0.1, 0.15) is 52.9 Å². The highest BCUT2D eigenvalue weighted by atomic mass is 16.5. The molecule has 1 spiro atoms. The molecule has 2 aliphatic heterocycles. The Morgan fingerprint density at radius 2 is 1.94 bits per heavy atom. The first-order chi connectivity index (χ1) is 8.52. The Hall–Kier alpha value is -0.120. The summed E-state index contributed by atoms with van der Waals surface area (Å²) in [6.07, 6.45) is 5.38. The van der Waals surface area contributed by atoms with Crippen LogP contribution in [0.4, 0.5) is 0 Å². The molecule has 0 aromatic heterocycles. The van der Waals surface area contributed by atoms with Gasteiger partial charge < -0.3 is 15.2 Å². The number of hydrogen-bond donors (Lipinski definition) is 1. The van der Waals surface area contributed by atoms with Gasteiger partial charge in [-0.15, -0.1) is 0 Å². The lowest BCUT2D eigenvalue weighted by Crippen LogP contribution is -2.57. The van der Waals surface area contributed by atoms with Gasteiger partial charge in [0.1, 0.15) is 0 Å². The highest BCUT2D eigenvalue weighted by Gasteiger charge is 2.46. The lowest BCUT2D eigenvalue weighted by atomic mass is 9.66. The molecule has 0 aliphatic carbocycles. The summed E-state index contributed by atoms with van der Waals surface area (Å²) in [5, 5.41) is 0. The van der Waals surface area contributed by atoms with Crippen molar-refractivity contribution in [2.75, 3.05) is 19.8 Å². The molecule has 2 aliphatic rings. The van der Waals surface area contributed by atoms with E-state index < -0.39 is 0 Å². The van der Waals surface area contributed by atoms with Crippen LogP contribution in [0.25, 0.3) is 0 Å². The topological polar surface area (TPSA) is 44.5 Å². The number of nitrogens with two attached hydrogens (primary N) is 1. The Bertz CT molecular complexity index is 268. The van der Waals surface area contributed by atoms with Crippen LogP contribution < -0.4 is 5.73 Å². The second-order valence-corrected chi connectivity index (χ2v) is 6.45. The van der Waals surface area contributed by atoms with Crippen molar-refractivity contribution in [3.63, 3.8) is 0 Å². The Labute approximate surface area is 111 Å². The molecular formula is C15H29NO2. The van der Waals surface area contributed by atoms with Crippen molar-refractivity contribution in [2.24, 2.45) is 17.6 Å². The normalized spacial score (nSPS) is 31.5. The van der Waals surface area contributed by atoms with E-state index in [1.54, 1.807) is 0 Å². The van der Waals surface area contributed by atoms with Crippen LogP contribution in [0, 0.1) is 11.8 Å². The van der Waals surface area contributed by atoms with Crippen molar-refractivity contribution in [1.29, 1.82) is 0 Å². The average Bonchev–Trinajstić information content (AvgIpc) is 2.38. The van der Waals surface area contributed by atoms with Gasteiger partial charge in [-0.3, -0.25) is 0 Å². The van der Waals surface area contributed by atoms with Crippen molar-refractivity contribution < 1.29 is 9.47 Å². The van der Waals surface area contributed by atoms with Gasteiger partial charge in [0.25, 0.3) is 0 Å². The van der Waals surface area contributed by atoms with Crippen molar-refractivity contribution in [2.45, 2.75) is 64.0 Å². The maximum atomic E-state index is 6.72. The molecule has 0 bridgehead atoms. The molecule has 3 heteroatoms. The largest absolute Gasteiger partial charge is 0.381 e. The molecular weight excluding hydrogens is 226 g/mol. The predicted octanol–water partition coefficient (Wildman–Crippen LogP) is 2.73. The van der Waals surface area contributed by atoms with Crippen molar-refractivity contribution in [1.82, 2.24) is 0 Å². The maximum Gasteiger partial charge on any atom is 0.0729 e. The summed E-state index contributed by atoms with van der Waals surface area (Å²) in [4.78, 5) is 0. The Morgan fingerprint density at radius 3 is 2.50 bits per heavy atom. The molecule has 2 atom stereocenters. The van der Waals surface area contributed by atoms with Crippen molar-refractivity contribution in [3.05, 3.63) is 0 Å². The number of rotatable bonds is 3. The molecule has 0 saturated carbocycles. The fourth-order valence-corrected chi connectivity index (χ4v) is 3.75. The molecule has 2 N–H and O–H groups in total. The lowest BCUT2D eigenvalue weighted by molar-refractivity contribution is -0.157. The van der Waals surface area contributed by atoms with Crippen molar-refractivity contribution in [3.8, 4) is 0 Å². The maximum absolute atomic E-state index is 6.72. The number of ether oxygens (including phenoxy) is 2. The quantitative estimate of drug-likeness (QED) is 0.843. The molecule has 0 aromatic carbocycles. The lowest BCUT2D eigenvalue weighted by Gasteiger charge is -2.50. The van der Waals surface area contributed by atoms with Gasteiger partial charge in [-0.1, -0.05) is 20.8 Å². The first kappa shape index (κ1) is 14.3. The van der Waals surface area contributed by atoms with E-state index in [9.17, 15) is 0 Å². The third-order valence-corrected chi connectivity index (χ3v) is 5.34. The summed E-state index contributed by atoms with van der Waals surface area (Å²) in [5.74, 6) is 1.12. The van der Waals surface area contributed by atoms with Gasteiger partial charge in [-0.2, -0.15) is 0 Å². The van der Waals surface area contributed by atoms with Crippen molar-refractivity contribution >= 4 is 0 Å². The molecule has 0 amide bonds. The second kappa shape index (κ2) is 5.48. The fraction of sp³-hybridized carbons (Fsp3) is 1.00. The van der Waals surface area contributed by atoms with Gasteiger partial charge in [0.05, 0.1) is 5.60 Å². The summed E-state index contributed by atoms with van der Waals surface area (Å²) in [6.45, 7) is 9.31. The summed E-state index contributed by atoms with van der Waals surface area (Å²) in [5.41, 5.74) is 6.75. The van der Waals surface area contributed by atoms with Crippen LogP contribution in [-0.4, -0.2) is 31.0 Å². The minimum atomic E-state index is -0.0327. The number of hydrogen-bond acceptors (Lipinski definition) is 3. The van der Waals surface area contributed by atoms with Gasteiger partial charge >= 0.3 is 0 Å². The fourth-order valence-electron chi connectivity index (χ4n) is 3.75. The first-order valence-corrected chi connectivity index (χ1v) is 7.53. The molecule has 0 aromatic rings. The Morgan fingerprint density at radius 1 is 1.28 bits per heavy atom. The Kier molecular flexibility index (Phi) is 4.35. The van der Waals surface area contributed by atoms with Gasteiger partial charge in [0.2, 0.25) is 0 Å². The molecule has 2 unspecified atom stereocenters. The molecule has 2 fully saturated rings. The summed E-state index contributed by atoms with van der Waals surface area (Å²) in [7, 11) is 0. The first-order valence-electron chi connectivity index (χ1n) is 7.53. The van der Waals surface area contributed by atoms with E-state index in [4.69, 9.17) is 15.2 Å². The van der Waals surface area contributed by atoms with Crippen LogP contribution in [0.15, 0.2) is 0 Å². The molecule has 0 radical (unpaired) electrons. The van der Waals surface area contributed by atoms with E-state index in [1.165, 1.54) is 0 Å².